The average Bonchev–Trinajstić information content (AvgIpc) is 1.50. The highest BCUT2D eigenvalue weighted by Gasteiger charge is 0.838. The van der Waals surface area contributed by atoms with E-state index in [2.05, 4.69) is 11.5 Å². The van der Waals surface area contributed by atoms with E-state index in [1.807, 2.05) is 0 Å². The third kappa shape index (κ3) is 604. The maximum atomic E-state index is 4.50. The van der Waals surface area contributed by atoms with E-state index in [1.165, 1.54) is 14.1 Å². The fraction of sp³-hybridized carbons (Fsp3) is 1.00. The SMILES string of the molecule is CN.CN.F.F. The van der Waals surface area contributed by atoms with E-state index in [4.69, 9.17) is 0 Å². The molecule has 0 saturated carbocycles. The highest BCUT2D eigenvalue weighted by molar-refractivity contribution is 3.54. The van der Waals surface area contributed by atoms with Crippen LogP contribution in [0.15, 0.2) is 0 Å². The Kier molecular flexibility index (Phi) is 9800. The van der Waals surface area contributed by atoms with E-state index in [1.54, 1.807) is 0 Å². The zero-order valence-electron chi connectivity index (χ0n) is 3.97. The second-order valence-electron chi connectivity index (χ2n) is 0. The molecule has 0 unspecified atom stereocenters. The summed E-state index contributed by atoms with van der Waals surface area (Å²) in [7, 11) is 3.00. The van der Waals surface area contributed by atoms with Gasteiger partial charge in [0.1, 0.15) is 0 Å². The minimum absolute atomic E-state index is 0. The van der Waals surface area contributed by atoms with Gasteiger partial charge in [0.25, 0.3) is 0 Å². The van der Waals surface area contributed by atoms with Crippen molar-refractivity contribution in [2.45, 2.75) is 0 Å². The van der Waals surface area contributed by atoms with Crippen LogP contribution in [0, 0.1) is 0 Å². The highest BCUT2D eigenvalue weighted by atomic mass is 19.0. The van der Waals surface area contributed by atoms with Crippen LogP contribution in [-0.4, -0.2) is 14.1 Å². The maximum absolute atomic E-state index is 4.50. The van der Waals surface area contributed by atoms with Gasteiger partial charge in [-0.15, -0.1) is 0 Å². The number of halogens is 2. The van der Waals surface area contributed by atoms with Crippen molar-refractivity contribution in [3.8, 4) is 0 Å². The lowest BCUT2D eigenvalue weighted by atomic mass is 11.6. The molecule has 0 heterocycles. The van der Waals surface area contributed by atoms with Crippen LogP contribution in [0.3, 0.4) is 0 Å². The third-order valence-corrected chi connectivity index (χ3v) is 0. The molecule has 4 N–H and O–H groups in total. The quantitative estimate of drug-likeness (QED) is 0.431. The molecule has 0 bridgehead atoms. The summed E-state index contributed by atoms with van der Waals surface area (Å²) in [6, 6.07) is 0. The lowest BCUT2D eigenvalue weighted by molar-refractivity contribution is 1.11. The Morgan fingerprint density at radius 2 is 0.667 bits per heavy atom. The number of hydrogen-bond donors (Lipinski definition) is 2. The summed E-state index contributed by atoms with van der Waals surface area (Å²) in [5.41, 5.74) is 9.00. The van der Waals surface area contributed by atoms with Crippen LogP contribution < -0.4 is 11.5 Å². The van der Waals surface area contributed by atoms with Gasteiger partial charge in [-0.05, 0) is 14.1 Å². The number of nitrogens with two attached hydrogens (primary N) is 2. The molecule has 0 aliphatic rings. The molecule has 0 aromatic carbocycles. The van der Waals surface area contributed by atoms with Gasteiger partial charge in [-0.3, -0.25) is 9.41 Å². The Labute approximate surface area is 36.2 Å². The zero-order chi connectivity index (χ0) is 4.00. The molecule has 0 aliphatic carbocycles. The Morgan fingerprint density at radius 3 is 0.667 bits per heavy atom. The predicted molar refractivity (Wildman–Crippen MR) is 25.2 cm³/mol. The first-order valence-electron chi connectivity index (χ1n) is 1.15. The minimum Gasteiger partial charge on any atom is -0.333 e. The molecule has 4 heteroatoms. The van der Waals surface area contributed by atoms with Crippen molar-refractivity contribution >= 4 is 0 Å². The Bertz CT molecular complexity index is 9.51. The normalized spacial score (nSPS) is 2.00. The minimum atomic E-state index is 0. The van der Waals surface area contributed by atoms with Crippen molar-refractivity contribution in [2.75, 3.05) is 14.1 Å². The molecule has 0 atom stereocenters. The third-order valence-electron chi connectivity index (χ3n) is 0. The van der Waals surface area contributed by atoms with Crippen LogP contribution >= 0.6 is 0 Å². The molecule has 0 amide bonds. The first-order valence-corrected chi connectivity index (χ1v) is 1.15. The van der Waals surface area contributed by atoms with Crippen molar-refractivity contribution in [1.29, 1.82) is 0 Å². The smallest absolute Gasteiger partial charge is 0.0195 e. The maximum Gasteiger partial charge on any atom is -0.0195 e. The second kappa shape index (κ2) is 1410. The first kappa shape index (κ1) is 41.7. The largest absolute Gasteiger partial charge is 0.333 e. The van der Waals surface area contributed by atoms with Crippen molar-refractivity contribution in [1.82, 2.24) is 0 Å². The molecule has 6 heavy (non-hydrogen) atoms. The molecule has 0 aromatic rings. The average molecular weight is 102 g/mol. The summed E-state index contributed by atoms with van der Waals surface area (Å²) in [4.78, 5) is 0. The monoisotopic (exact) mass is 102 g/mol. The van der Waals surface area contributed by atoms with E-state index in [0.717, 1.165) is 0 Å². The lowest BCUT2D eigenvalue weighted by Gasteiger charge is -1.19. The van der Waals surface area contributed by atoms with Gasteiger partial charge >= 0.3 is 0 Å². The Hall–Kier alpha value is -0.220. The van der Waals surface area contributed by atoms with Gasteiger partial charge in [0, 0.05) is 0 Å². The van der Waals surface area contributed by atoms with Gasteiger partial charge in [0.05, 0.1) is 0 Å². The molecule has 0 rings (SSSR count). The van der Waals surface area contributed by atoms with Crippen LogP contribution in [-0.2, 0) is 0 Å². The zero-order valence-corrected chi connectivity index (χ0v) is 3.97. The Morgan fingerprint density at radius 1 is 0.667 bits per heavy atom. The van der Waals surface area contributed by atoms with Crippen LogP contribution in [0.25, 0.3) is 0 Å². The summed E-state index contributed by atoms with van der Waals surface area (Å²) < 4.78 is 0. The van der Waals surface area contributed by atoms with Crippen molar-refractivity contribution in [3.05, 3.63) is 0 Å². The highest BCUT2D eigenvalue weighted by Crippen LogP contribution is 0.471. The molecule has 0 fully saturated rings. The van der Waals surface area contributed by atoms with Gasteiger partial charge in [-0.2, -0.15) is 0 Å². The number of rotatable bonds is 0. The van der Waals surface area contributed by atoms with E-state index >= 15 is 0 Å². The second-order valence-corrected chi connectivity index (χ2v) is 0. The fourth-order valence-corrected chi connectivity index (χ4v) is 0. The van der Waals surface area contributed by atoms with Gasteiger partial charge in [-0.1, -0.05) is 0 Å². The molecule has 0 aliphatic heterocycles. The summed E-state index contributed by atoms with van der Waals surface area (Å²) in [5.74, 6) is 0. The van der Waals surface area contributed by atoms with Crippen molar-refractivity contribution in [3.63, 3.8) is 0 Å². The molecule has 0 spiro atoms. The van der Waals surface area contributed by atoms with Gasteiger partial charge in [0.2, 0.25) is 0 Å². The topological polar surface area (TPSA) is 52.0 Å². The Balaban J connectivity index is -0.00000000500. The standard InChI is InChI=1S/2CH5N.2FH/c2*1-2;;/h2*2H2,1H3;2*1H. The van der Waals surface area contributed by atoms with Crippen LogP contribution in [0.4, 0.5) is 9.41 Å². The van der Waals surface area contributed by atoms with Crippen molar-refractivity contribution in [2.24, 2.45) is 11.5 Å². The van der Waals surface area contributed by atoms with Crippen molar-refractivity contribution < 1.29 is 9.41 Å². The number of hydrogen-bond acceptors (Lipinski definition) is 2. The first-order chi connectivity index (χ1) is 2.00. The predicted octanol–water partition coefficient (Wildman–Crippen LogP) is -0.545. The summed E-state index contributed by atoms with van der Waals surface area (Å²) in [5, 5.41) is 0. The van der Waals surface area contributed by atoms with Crippen LogP contribution in [0.2, 0.25) is 0 Å². The molecule has 0 aromatic heterocycles. The molecular weight excluding hydrogens is 90.0 g/mol. The van der Waals surface area contributed by atoms with Gasteiger partial charge in [0.15, 0.2) is 0 Å². The van der Waals surface area contributed by atoms with E-state index in [9.17, 15) is 0 Å². The fourth-order valence-electron chi connectivity index (χ4n) is 0. The van der Waals surface area contributed by atoms with E-state index in [-0.39, 0.29) is 9.41 Å². The molecule has 44 valence electrons. The summed E-state index contributed by atoms with van der Waals surface area (Å²) >= 11 is 0. The molecular formula is C2H12F2N2. The molecule has 2 nitrogen and oxygen atoms in total. The van der Waals surface area contributed by atoms with E-state index < -0.39 is 0 Å². The molecule has 0 saturated heterocycles. The summed E-state index contributed by atoms with van der Waals surface area (Å²) in [6.45, 7) is 0. The molecule has 0 radical (unpaired) electrons. The lowest BCUT2D eigenvalue weighted by Crippen LogP contribution is -1.69. The van der Waals surface area contributed by atoms with Gasteiger partial charge < -0.3 is 11.5 Å². The van der Waals surface area contributed by atoms with Crippen LogP contribution in [0.1, 0.15) is 0 Å². The van der Waals surface area contributed by atoms with E-state index in [0.29, 0.717) is 0 Å². The summed E-state index contributed by atoms with van der Waals surface area (Å²) in [6.07, 6.45) is 0. The van der Waals surface area contributed by atoms with Gasteiger partial charge in [-0.25, -0.2) is 0 Å². The van der Waals surface area contributed by atoms with Crippen LogP contribution in [0.5, 0.6) is 0 Å².